The second-order valence-electron chi connectivity index (χ2n) is 15.2. The van der Waals surface area contributed by atoms with Gasteiger partial charge in [-0.15, -0.1) is 11.3 Å². The molecule has 282 valence electrons. The van der Waals surface area contributed by atoms with Crippen LogP contribution in [0.2, 0.25) is 0 Å². The number of nitrogens with zero attached hydrogens (tertiary/aromatic N) is 5. The lowest BCUT2D eigenvalue weighted by Gasteiger charge is -2.17. The largest absolute Gasteiger partial charge is 0.256 e. The predicted molar refractivity (Wildman–Crippen MR) is 254 cm³/mol. The molecule has 0 amide bonds. The third kappa shape index (κ3) is 5.75. The first-order valence-electron chi connectivity index (χ1n) is 20.2. The molecule has 0 aliphatic carbocycles. The number of benzene rings is 9. The van der Waals surface area contributed by atoms with E-state index in [-0.39, 0.29) is 0 Å². The lowest BCUT2D eigenvalue weighted by molar-refractivity contribution is 1.07. The highest BCUT2D eigenvalue weighted by Crippen LogP contribution is 2.44. The number of aromatic nitrogens is 4. The average molecular weight is 794 g/mol. The minimum absolute atomic E-state index is 0.603. The molecule has 0 saturated heterocycles. The molecule has 61 heavy (non-hydrogen) atoms. The van der Waals surface area contributed by atoms with E-state index < -0.39 is 0 Å². The van der Waals surface area contributed by atoms with Gasteiger partial charge in [0.2, 0.25) is 0 Å². The van der Waals surface area contributed by atoms with E-state index in [9.17, 15) is 0 Å². The van der Waals surface area contributed by atoms with Crippen LogP contribution in [0.5, 0.6) is 0 Å². The Bertz CT molecular complexity index is 3790. The Labute approximate surface area is 354 Å². The zero-order chi connectivity index (χ0) is 40.4. The van der Waals surface area contributed by atoms with E-state index in [4.69, 9.17) is 26.5 Å². The molecule has 3 aromatic heterocycles. The number of hydrogen-bond donors (Lipinski definition) is 0. The number of pyridine rings is 1. The van der Waals surface area contributed by atoms with Crippen molar-refractivity contribution in [2.24, 2.45) is 0 Å². The fourth-order valence-electron chi connectivity index (χ4n) is 8.93. The predicted octanol–water partition coefficient (Wildman–Crippen LogP) is 15.1. The van der Waals surface area contributed by atoms with Crippen molar-refractivity contribution >= 4 is 80.4 Å². The molecule has 0 radical (unpaired) electrons. The van der Waals surface area contributed by atoms with E-state index in [1.807, 2.05) is 66.9 Å². The molecule has 0 spiro atoms. The summed E-state index contributed by atoms with van der Waals surface area (Å²) in [4.78, 5) is 24.2. The van der Waals surface area contributed by atoms with Crippen LogP contribution in [0, 0.1) is 6.57 Å². The molecule has 0 fully saturated rings. The van der Waals surface area contributed by atoms with E-state index in [0.29, 0.717) is 23.2 Å². The number of fused-ring (bicyclic) bond motifs is 9. The van der Waals surface area contributed by atoms with Crippen molar-refractivity contribution in [3.63, 3.8) is 0 Å². The minimum Gasteiger partial charge on any atom is -0.256 e. The van der Waals surface area contributed by atoms with E-state index >= 15 is 0 Å². The van der Waals surface area contributed by atoms with Crippen LogP contribution in [-0.2, 0) is 0 Å². The maximum Gasteiger partial charge on any atom is 0.194 e. The summed E-state index contributed by atoms with van der Waals surface area (Å²) < 4.78 is 2.46. The highest BCUT2D eigenvalue weighted by atomic mass is 32.1. The topological polar surface area (TPSA) is 55.9 Å². The maximum absolute atomic E-state index is 7.82. The summed E-state index contributed by atoms with van der Waals surface area (Å²) in [7, 11) is 0. The van der Waals surface area contributed by atoms with Crippen LogP contribution >= 0.6 is 11.3 Å². The van der Waals surface area contributed by atoms with Gasteiger partial charge in [-0.3, -0.25) is 4.98 Å². The molecule has 0 unspecified atom stereocenters. The summed E-state index contributed by atoms with van der Waals surface area (Å²) in [6.45, 7) is 7.82. The number of rotatable bonds is 5. The van der Waals surface area contributed by atoms with Gasteiger partial charge in [0.25, 0.3) is 0 Å². The SMILES string of the molecule is [C-]#[N+]c1ccc(-c2cc3c4cccnc4c(-c4cccc(-c5nc(-c6ccccc6)nc(-c6ccc7c(c6)sc6ccccc67)n5)c4)cc3c3ccccc23)c2ccccc12. The second-order valence-corrected chi connectivity index (χ2v) is 16.3. The van der Waals surface area contributed by atoms with Crippen molar-refractivity contribution in [3.05, 3.63) is 200 Å². The van der Waals surface area contributed by atoms with Crippen molar-refractivity contribution in [3.8, 4) is 56.4 Å². The first-order chi connectivity index (χ1) is 30.2. The fourth-order valence-corrected chi connectivity index (χ4v) is 10.1. The molecule has 0 saturated carbocycles. The van der Waals surface area contributed by atoms with Gasteiger partial charge in [-0.2, -0.15) is 0 Å². The van der Waals surface area contributed by atoms with Crippen LogP contribution in [0.4, 0.5) is 5.69 Å². The van der Waals surface area contributed by atoms with E-state index in [2.05, 4.69) is 126 Å². The molecular weight excluding hydrogens is 763 g/mol. The van der Waals surface area contributed by atoms with Gasteiger partial charge in [-0.1, -0.05) is 146 Å². The fraction of sp³-hybridized carbons (Fsp3) is 0. The number of hydrogen-bond acceptors (Lipinski definition) is 5. The Morgan fingerprint density at radius 1 is 0.361 bits per heavy atom. The average Bonchev–Trinajstić information content (AvgIpc) is 3.71. The molecule has 6 heteroatoms. The molecule has 0 bridgehead atoms. The smallest absolute Gasteiger partial charge is 0.194 e. The van der Waals surface area contributed by atoms with Crippen molar-refractivity contribution < 1.29 is 0 Å². The summed E-state index contributed by atoms with van der Waals surface area (Å²) >= 11 is 1.79. The van der Waals surface area contributed by atoms with Crippen LogP contribution in [0.15, 0.2) is 188 Å². The highest BCUT2D eigenvalue weighted by molar-refractivity contribution is 7.25. The molecule has 3 heterocycles. The van der Waals surface area contributed by atoms with Gasteiger partial charge >= 0.3 is 0 Å². The third-order valence-corrected chi connectivity index (χ3v) is 12.9. The standard InChI is InChI=1S/C55H31N5S/c1-56-49-27-26-40(37-17-7-8-20-41(37)49)46-32-48-44-22-12-28-57-52(44)45(31-47(48)39-19-6-5-18-38(39)46)34-15-11-16-35(29-34)54-58-53(33-13-3-2-4-14-33)59-55(60-54)36-24-25-43-42-21-9-10-23-50(42)61-51(43)30-36/h2-32H. The highest BCUT2D eigenvalue weighted by Gasteiger charge is 2.19. The molecule has 12 aromatic rings. The Kier molecular flexibility index (Phi) is 8.02. The molecule has 0 aliphatic rings. The Hall–Kier alpha value is -8.11. The van der Waals surface area contributed by atoms with Crippen molar-refractivity contribution in [2.45, 2.75) is 0 Å². The third-order valence-electron chi connectivity index (χ3n) is 11.8. The second kappa shape index (κ2) is 14.0. The Morgan fingerprint density at radius 2 is 0.951 bits per heavy atom. The number of thiophene rings is 1. The van der Waals surface area contributed by atoms with Crippen molar-refractivity contribution in [2.75, 3.05) is 0 Å². The van der Waals surface area contributed by atoms with E-state index in [1.165, 1.54) is 20.2 Å². The first kappa shape index (κ1) is 34.9. The van der Waals surface area contributed by atoms with Crippen LogP contribution in [-0.4, -0.2) is 19.9 Å². The Balaban J connectivity index is 1.04. The molecule has 0 aliphatic heterocycles. The van der Waals surface area contributed by atoms with Crippen LogP contribution in [0.25, 0.3) is 125 Å². The summed E-state index contributed by atoms with van der Waals surface area (Å²) in [5, 5.41) is 10.2. The molecule has 0 atom stereocenters. The summed E-state index contributed by atoms with van der Waals surface area (Å²) in [5.41, 5.74) is 8.62. The molecule has 9 aromatic carbocycles. The maximum atomic E-state index is 7.82. The zero-order valence-corrected chi connectivity index (χ0v) is 33.4. The molecule has 5 nitrogen and oxygen atoms in total. The van der Waals surface area contributed by atoms with Gasteiger partial charge in [0, 0.05) is 54.0 Å². The van der Waals surface area contributed by atoms with Crippen LogP contribution in [0.3, 0.4) is 0 Å². The minimum atomic E-state index is 0.603. The van der Waals surface area contributed by atoms with Gasteiger partial charge < -0.3 is 0 Å². The van der Waals surface area contributed by atoms with E-state index in [1.54, 1.807) is 11.3 Å². The summed E-state index contributed by atoms with van der Waals surface area (Å²) in [6, 6.07) is 63.4. The summed E-state index contributed by atoms with van der Waals surface area (Å²) in [6.07, 6.45) is 1.87. The molecule has 0 N–H and O–H groups in total. The lowest BCUT2D eigenvalue weighted by atomic mass is 9.87. The van der Waals surface area contributed by atoms with Gasteiger partial charge in [-0.25, -0.2) is 19.8 Å². The van der Waals surface area contributed by atoms with Gasteiger partial charge in [0.15, 0.2) is 23.2 Å². The van der Waals surface area contributed by atoms with Crippen LogP contribution < -0.4 is 0 Å². The van der Waals surface area contributed by atoms with Gasteiger partial charge in [-0.05, 0) is 85.4 Å². The van der Waals surface area contributed by atoms with Crippen LogP contribution in [0.1, 0.15) is 0 Å². The van der Waals surface area contributed by atoms with Crippen molar-refractivity contribution in [1.82, 2.24) is 19.9 Å². The monoisotopic (exact) mass is 793 g/mol. The van der Waals surface area contributed by atoms with E-state index in [0.717, 1.165) is 82.2 Å². The normalized spacial score (nSPS) is 11.6. The zero-order valence-electron chi connectivity index (χ0n) is 32.5. The molecular formula is C55H31N5S. The quantitative estimate of drug-likeness (QED) is 0.129. The van der Waals surface area contributed by atoms with Crippen molar-refractivity contribution in [1.29, 1.82) is 0 Å². The first-order valence-corrected chi connectivity index (χ1v) is 21.0. The molecule has 12 rings (SSSR count). The lowest BCUT2D eigenvalue weighted by Crippen LogP contribution is -2.00. The summed E-state index contributed by atoms with van der Waals surface area (Å²) in [5.74, 6) is 1.86. The van der Waals surface area contributed by atoms with Gasteiger partial charge in [0.1, 0.15) is 0 Å². The Morgan fingerprint density at radius 3 is 1.75 bits per heavy atom. The van der Waals surface area contributed by atoms with Gasteiger partial charge in [0.05, 0.1) is 12.1 Å².